The third kappa shape index (κ3) is 4.44. The zero-order valence-corrected chi connectivity index (χ0v) is 19.3. The number of benzene rings is 2. The van der Waals surface area contributed by atoms with Gasteiger partial charge in [-0.2, -0.15) is 5.10 Å². The summed E-state index contributed by atoms with van der Waals surface area (Å²) in [6.07, 6.45) is 0.797. The number of nitrogens with zero attached hydrogens (tertiary/aromatic N) is 3. The molecule has 0 saturated carbocycles. The van der Waals surface area contributed by atoms with E-state index in [1.165, 1.54) is 10.7 Å². The highest BCUT2D eigenvalue weighted by molar-refractivity contribution is 5.97. The predicted molar refractivity (Wildman–Crippen MR) is 129 cm³/mol. The maximum atomic E-state index is 13.3. The Morgan fingerprint density at radius 2 is 1.79 bits per heavy atom. The van der Waals surface area contributed by atoms with Crippen molar-refractivity contribution in [2.75, 3.05) is 16.8 Å². The van der Waals surface area contributed by atoms with Crippen LogP contribution in [0.1, 0.15) is 37.9 Å². The lowest BCUT2D eigenvalue weighted by molar-refractivity contribution is -0.121. The monoisotopic (exact) mass is 444 g/mol. The highest BCUT2D eigenvalue weighted by atomic mass is 16.2. The van der Waals surface area contributed by atoms with Gasteiger partial charge in [0.2, 0.25) is 5.91 Å². The summed E-state index contributed by atoms with van der Waals surface area (Å²) in [5, 5.41) is 7.46. The van der Waals surface area contributed by atoms with Crippen LogP contribution in [0.25, 0.3) is 11.3 Å². The second kappa shape index (κ2) is 9.02. The molecule has 7 nitrogen and oxygen atoms in total. The third-order valence-corrected chi connectivity index (χ3v) is 6.02. The first-order valence-corrected chi connectivity index (χ1v) is 11.2. The second-order valence-electron chi connectivity index (χ2n) is 8.72. The number of amides is 2. The molecule has 0 spiro atoms. The van der Waals surface area contributed by atoms with Crippen molar-refractivity contribution in [1.82, 2.24) is 9.78 Å². The molecule has 170 valence electrons. The summed E-state index contributed by atoms with van der Waals surface area (Å²) in [6.45, 7) is 7.88. The van der Waals surface area contributed by atoms with Crippen LogP contribution in [0.4, 0.5) is 11.4 Å². The number of rotatable bonds is 5. The fourth-order valence-electron chi connectivity index (χ4n) is 3.95. The number of carbonyl (C=O) groups is 2. The van der Waals surface area contributed by atoms with Gasteiger partial charge >= 0.3 is 0 Å². The molecule has 3 aromatic rings. The number of fused-ring (bicyclic) bond motifs is 1. The van der Waals surface area contributed by atoms with Gasteiger partial charge in [0.05, 0.1) is 5.69 Å². The predicted octanol–water partition coefficient (Wildman–Crippen LogP) is 3.96. The normalized spacial score (nSPS) is 13.7. The highest BCUT2D eigenvalue weighted by Gasteiger charge is 2.29. The van der Waals surface area contributed by atoms with Crippen molar-refractivity contribution in [3.8, 4) is 11.3 Å². The van der Waals surface area contributed by atoms with Crippen LogP contribution in [0.15, 0.2) is 59.4 Å². The average Bonchev–Trinajstić information content (AvgIpc) is 3.24. The number of hydrogen-bond acceptors (Lipinski definition) is 4. The molecule has 1 atom stereocenters. The van der Waals surface area contributed by atoms with E-state index >= 15 is 0 Å². The van der Waals surface area contributed by atoms with Gasteiger partial charge in [0, 0.05) is 35.5 Å². The summed E-state index contributed by atoms with van der Waals surface area (Å²) in [5.74, 6) is -0.380. The Morgan fingerprint density at radius 3 is 2.55 bits per heavy atom. The molecule has 0 unspecified atom stereocenters. The van der Waals surface area contributed by atoms with Crippen LogP contribution in [0.3, 0.4) is 0 Å². The number of carbonyl (C=O) groups excluding carboxylic acids is 2. The van der Waals surface area contributed by atoms with Gasteiger partial charge in [-0.15, -0.1) is 0 Å². The van der Waals surface area contributed by atoms with Crippen LogP contribution in [0.2, 0.25) is 0 Å². The van der Waals surface area contributed by atoms with E-state index in [2.05, 4.69) is 10.4 Å². The number of anilines is 2. The Balaban J connectivity index is 1.64. The molecule has 4 rings (SSSR count). The SMILES string of the molecule is Cc1ccc(-c2ccc(=O)n([C@@H](C)C(=O)N3CCc4ccccc43)n2)cc1NC(=O)C(C)C. The molecule has 2 heterocycles. The fourth-order valence-corrected chi connectivity index (χ4v) is 3.95. The first kappa shape index (κ1) is 22.5. The number of aryl methyl sites for hydroxylation is 1. The van der Waals surface area contributed by atoms with Gasteiger partial charge in [-0.3, -0.25) is 14.4 Å². The lowest BCUT2D eigenvalue weighted by Gasteiger charge is -2.22. The maximum Gasteiger partial charge on any atom is 0.267 e. The van der Waals surface area contributed by atoms with Crippen LogP contribution in [-0.4, -0.2) is 28.1 Å². The Labute approximate surface area is 193 Å². The topological polar surface area (TPSA) is 84.3 Å². The zero-order valence-electron chi connectivity index (χ0n) is 19.3. The minimum absolute atomic E-state index is 0.0710. The molecule has 0 aliphatic carbocycles. The minimum Gasteiger partial charge on any atom is -0.326 e. The Bertz CT molecular complexity index is 1280. The third-order valence-electron chi connectivity index (χ3n) is 6.02. The van der Waals surface area contributed by atoms with Crippen LogP contribution < -0.4 is 15.8 Å². The van der Waals surface area contributed by atoms with Crippen molar-refractivity contribution in [2.24, 2.45) is 5.92 Å². The smallest absolute Gasteiger partial charge is 0.267 e. The van der Waals surface area contributed by atoms with E-state index in [1.54, 1.807) is 17.9 Å². The molecule has 1 aliphatic heterocycles. The molecule has 0 bridgehead atoms. The largest absolute Gasteiger partial charge is 0.326 e. The van der Waals surface area contributed by atoms with E-state index in [1.807, 2.05) is 63.2 Å². The number of para-hydroxylation sites is 1. The number of aromatic nitrogens is 2. The molecule has 1 aliphatic rings. The first-order valence-electron chi connectivity index (χ1n) is 11.2. The lowest BCUT2D eigenvalue weighted by atomic mass is 10.1. The van der Waals surface area contributed by atoms with Crippen molar-refractivity contribution < 1.29 is 9.59 Å². The van der Waals surface area contributed by atoms with Gasteiger partial charge in [0.25, 0.3) is 11.5 Å². The Morgan fingerprint density at radius 1 is 1.03 bits per heavy atom. The summed E-state index contributed by atoms with van der Waals surface area (Å²) < 4.78 is 1.24. The van der Waals surface area contributed by atoms with E-state index < -0.39 is 6.04 Å². The maximum absolute atomic E-state index is 13.3. The molecule has 2 amide bonds. The molecule has 1 aromatic heterocycles. The van der Waals surface area contributed by atoms with Crippen LogP contribution in [-0.2, 0) is 16.0 Å². The lowest BCUT2D eigenvalue weighted by Crippen LogP contribution is -2.39. The summed E-state index contributed by atoms with van der Waals surface area (Å²) in [7, 11) is 0. The summed E-state index contributed by atoms with van der Waals surface area (Å²) >= 11 is 0. The van der Waals surface area contributed by atoms with Gasteiger partial charge in [0.1, 0.15) is 6.04 Å². The summed E-state index contributed by atoms with van der Waals surface area (Å²) in [4.78, 5) is 39.8. The van der Waals surface area contributed by atoms with Crippen molar-refractivity contribution in [1.29, 1.82) is 0 Å². The first-order chi connectivity index (χ1) is 15.8. The van der Waals surface area contributed by atoms with Crippen molar-refractivity contribution in [3.63, 3.8) is 0 Å². The average molecular weight is 445 g/mol. The Kier molecular flexibility index (Phi) is 6.14. The molecular weight excluding hydrogens is 416 g/mol. The molecule has 1 N–H and O–H groups in total. The van der Waals surface area contributed by atoms with Gasteiger partial charge in [0.15, 0.2) is 0 Å². The molecule has 0 fully saturated rings. The van der Waals surface area contributed by atoms with Gasteiger partial charge in [-0.1, -0.05) is 44.2 Å². The van der Waals surface area contributed by atoms with Crippen LogP contribution in [0, 0.1) is 12.8 Å². The van der Waals surface area contributed by atoms with E-state index in [4.69, 9.17) is 0 Å². The zero-order chi connectivity index (χ0) is 23.7. The molecule has 7 heteroatoms. The molecule has 33 heavy (non-hydrogen) atoms. The minimum atomic E-state index is -0.755. The molecular formula is C26H28N4O3. The van der Waals surface area contributed by atoms with E-state index in [0.717, 1.165) is 28.8 Å². The second-order valence-corrected chi connectivity index (χ2v) is 8.72. The van der Waals surface area contributed by atoms with Crippen LogP contribution in [0.5, 0.6) is 0 Å². The Hall–Kier alpha value is -3.74. The van der Waals surface area contributed by atoms with Crippen molar-refractivity contribution in [2.45, 2.75) is 40.2 Å². The summed E-state index contributed by atoms with van der Waals surface area (Å²) in [6, 6.07) is 15.8. The number of nitrogens with one attached hydrogen (secondary N) is 1. The van der Waals surface area contributed by atoms with E-state index in [0.29, 0.717) is 17.9 Å². The van der Waals surface area contributed by atoms with Gasteiger partial charge in [-0.05, 0) is 49.6 Å². The van der Waals surface area contributed by atoms with E-state index in [9.17, 15) is 14.4 Å². The van der Waals surface area contributed by atoms with Gasteiger partial charge in [-0.25, -0.2) is 4.68 Å². The van der Waals surface area contributed by atoms with E-state index in [-0.39, 0.29) is 23.3 Å². The molecule has 2 aromatic carbocycles. The van der Waals surface area contributed by atoms with Crippen LogP contribution >= 0.6 is 0 Å². The quantitative estimate of drug-likeness (QED) is 0.646. The molecule has 0 radical (unpaired) electrons. The molecule has 0 saturated heterocycles. The van der Waals surface area contributed by atoms with Crippen molar-refractivity contribution in [3.05, 3.63) is 76.1 Å². The summed E-state index contributed by atoms with van der Waals surface area (Å²) in [5.41, 5.74) is 4.61. The fraction of sp³-hybridized carbons (Fsp3) is 0.308. The van der Waals surface area contributed by atoms with Crippen molar-refractivity contribution >= 4 is 23.2 Å². The highest BCUT2D eigenvalue weighted by Crippen LogP contribution is 2.29. The standard InChI is InChI=1S/C26H28N4O3/c1-16(2)25(32)27-22-15-20(10-9-17(22)3)21-11-12-24(31)30(28-21)18(4)26(33)29-14-13-19-7-5-6-8-23(19)29/h5-12,15-16,18H,13-14H2,1-4H3,(H,27,32)/t18-/m0/s1. The number of hydrogen-bond donors (Lipinski definition) is 1. The van der Waals surface area contributed by atoms with Gasteiger partial charge < -0.3 is 10.2 Å².